The van der Waals surface area contributed by atoms with Crippen LogP contribution in [0.25, 0.3) is 0 Å². The van der Waals surface area contributed by atoms with E-state index in [4.69, 9.17) is 5.26 Å². The predicted octanol–water partition coefficient (Wildman–Crippen LogP) is 2.21. The Morgan fingerprint density at radius 1 is 1.28 bits per heavy atom. The van der Waals surface area contributed by atoms with Gasteiger partial charge in [0.15, 0.2) is 0 Å². The van der Waals surface area contributed by atoms with Crippen LogP contribution < -0.4 is 0 Å². The van der Waals surface area contributed by atoms with Crippen LogP contribution in [0.15, 0.2) is 24.3 Å². The molecule has 1 aliphatic heterocycles. The summed E-state index contributed by atoms with van der Waals surface area (Å²) in [6.45, 7) is 1.80. The highest BCUT2D eigenvalue weighted by atomic mass is 16.2. The predicted molar refractivity (Wildman–Crippen MR) is 67.9 cm³/mol. The Kier molecular flexibility index (Phi) is 2.59. The summed E-state index contributed by atoms with van der Waals surface area (Å²) < 4.78 is 0. The lowest BCUT2D eigenvalue weighted by molar-refractivity contribution is -0.132. The molecule has 0 atom stereocenters. The van der Waals surface area contributed by atoms with Crippen molar-refractivity contribution in [3.05, 3.63) is 35.4 Å². The van der Waals surface area contributed by atoms with Crippen LogP contribution in [-0.2, 0) is 10.2 Å². The molecule has 0 N–H and O–H groups in total. The Bertz CT molecular complexity index is 520. The Morgan fingerprint density at radius 2 is 2.00 bits per heavy atom. The maximum absolute atomic E-state index is 12.6. The van der Waals surface area contributed by atoms with Gasteiger partial charge in [0.25, 0.3) is 0 Å². The molecule has 1 heterocycles. The van der Waals surface area contributed by atoms with E-state index in [1.54, 1.807) is 6.07 Å². The normalized spacial score (nSPS) is 20.5. The van der Waals surface area contributed by atoms with Gasteiger partial charge in [0.05, 0.1) is 17.0 Å². The van der Waals surface area contributed by atoms with Gasteiger partial charge in [-0.3, -0.25) is 4.79 Å². The van der Waals surface area contributed by atoms with Gasteiger partial charge in [-0.15, -0.1) is 0 Å². The number of nitrogens with zero attached hydrogens (tertiary/aromatic N) is 2. The molecule has 92 valence electrons. The van der Waals surface area contributed by atoms with Crippen molar-refractivity contribution in [2.45, 2.75) is 31.1 Å². The highest BCUT2D eigenvalue weighted by Gasteiger charge is 2.53. The molecule has 0 radical (unpaired) electrons. The molecule has 2 aliphatic rings. The first-order chi connectivity index (χ1) is 8.76. The van der Waals surface area contributed by atoms with Gasteiger partial charge < -0.3 is 4.90 Å². The van der Waals surface area contributed by atoms with Crippen molar-refractivity contribution >= 4 is 5.91 Å². The summed E-state index contributed by atoms with van der Waals surface area (Å²) in [6.07, 6.45) is 4.11. The van der Waals surface area contributed by atoms with E-state index >= 15 is 0 Å². The summed E-state index contributed by atoms with van der Waals surface area (Å²) in [6, 6.07) is 9.69. The largest absolute Gasteiger partial charge is 0.342 e. The molecule has 1 saturated heterocycles. The number of amides is 1. The van der Waals surface area contributed by atoms with Crippen molar-refractivity contribution in [2.75, 3.05) is 13.1 Å². The second-order valence-electron chi connectivity index (χ2n) is 5.27. The maximum Gasteiger partial charge on any atom is 0.233 e. The van der Waals surface area contributed by atoms with Crippen molar-refractivity contribution in [1.82, 2.24) is 4.90 Å². The SMILES string of the molecule is N#Cc1cccc(C2(C(=O)N3CCCC3)CC2)c1. The summed E-state index contributed by atoms with van der Waals surface area (Å²) in [5.41, 5.74) is 1.36. The fourth-order valence-electron chi connectivity index (χ4n) is 2.86. The molecule has 18 heavy (non-hydrogen) atoms. The van der Waals surface area contributed by atoms with Crippen LogP contribution in [0.1, 0.15) is 36.8 Å². The summed E-state index contributed by atoms with van der Waals surface area (Å²) in [4.78, 5) is 14.6. The minimum Gasteiger partial charge on any atom is -0.342 e. The van der Waals surface area contributed by atoms with E-state index in [1.807, 2.05) is 23.1 Å². The molecule has 3 rings (SSSR count). The van der Waals surface area contributed by atoms with Crippen LogP contribution in [0.2, 0.25) is 0 Å². The molecule has 2 fully saturated rings. The van der Waals surface area contributed by atoms with Gasteiger partial charge in [0.1, 0.15) is 0 Å². The van der Waals surface area contributed by atoms with E-state index in [0.29, 0.717) is 5.56 Å². The number of carbonyl (C=O) groups excluding carboxylic acids is 1. The van der Waals surface area contributed by atoms with Crippen LogP contribution in [-0.4, -0.2) is 23.9 Å². The molecule has 1 aromatic carbocycles. The lowest BCUT2D eigenvalue weighted by atomic mass is 9.93. The molecule has 0 unspecified atom stereocenters. The van der Waals surface area contributed by atoms with Gasteiger partial charge in [0.2, 0.25) is 5.91 Å². The Labute approximate surface area is 107 Å². The summed E-state index contributed by atoms with van der Waals surface area (Å²) in [7, 11) is 0. The van der Waals surface area contributed by atoms with E-state index in [2.05, 4.69) is 6.07 Å². The molecule has 1 aromatic rings. The smallest absolute Gasteiger partial charge is 0.233 e. The average Bonchev–Trinajstić information content (AvgIpc) is 3.05. The van der Waals surface area contributed by atoms with Crippen LogP contribution in [0.3, 0.4) is 0 Å². The monoisotopic (exact) mass is 240 g/mol. The molecule has 3 nitrogen and oxygen atoms in total. The number of rotatable bonds is 2. The molecule has 0 aromatic heterocycles. The zero-order valence-electron chi connectivity index (χ0n) is 10.4. The molecule has 0 spiro atoms. The van der Waals surface area contributed by atoms with Gasteiger partial charge in [-0.05, 0) is 43.4 Å². The van der Waals surface area contributed by atoms with Gasteiger partial charge in [-0.25, -0.2) is 0 Å². The standard InChI is InChI=1S/C15H16N2O/c16-11-12-4-3-5-13(10-12)15(6-7-15)14(18)17-8-1-2-9-17/h3-5,10H,1-2,6-9H2. The van der Waals surface area contributed by atoms with Gasteiger partial charge in [-0.1, -0.05) is 12.1 Å². The van der Waals surface area contributed by atoms with Gasteiger partial charge in [-0.2, -0.15) is 5.26 Å². The van der Waals surface area contributed by atoms with Crippen molar-refractivity contribution in [3.63, 3.8) is 0 Å². The van der Waals surface area contributed by atoms with Crippen LogP contribution >= 0.6 is 0 Å². The van der Waals surface area contributed by atoms with Crippen molar-refractivity contribution in [2.24, 2.45) is 0 Å². The molecule has 0 bridgehead atoms. The van der Waals surface area contributed by atoms with Crippen LogP contribution in [0.4, 0.5) is 0 Å². The second-order valence-corrected chi connectivity index (χ2v) is 5.27. The molecule has 1 aliphatic carbocycles. The fraction of sp³-hybridized carbons (Fsp3) is 0.467. The molecule has 3 heteroatoms. The van der Waals surface area contributed by atoms with Crippen LogP contribution in [0, 0.1) is 11.3 Å². The first kappa shape index (κ1) is 11.3. The first-order valence-corrected chi connectivity index (χ1v) is 6.56. The number of carbonyl (C=O) groups is 1. The van der Waals surface area contributed by atoms with E-state index in [-0.39, 0.29) is 11.3 Å². The van der Waals surface area contributed by atoms with E-state index < -0.39 is 0 Å². The van der Waals surface area contributed by atoms with E-state index in [0.717, 1.165) is 44.3 Å². The quantitative estimate of drug-likeness (QED) is 0.795. The number of nitriles is 1. The number of hydrogen-bond donors (Lipinski definition) is 0. The fourth-order valence-corrected chi connectivity index (χ4v) is 2.86. The number of likely N-dealkylation sites (tertiary alicyclic amines) is 1. The summed E-state index contributed by atoms with van der Waals surface area (Å²) in [5.74, 6) is 0.273. The maximum atomic E-state index is 12.6. The third-order valence-electron chi connectivity index (χ3n) is 4.10. The highest BCUT2D eigenvalue weighted by molar-refractivity contribution is 5.91. The minimum absolute atomic E-state index is 0.273. The van der Waals surface area contributed by atoms with Crippen LogP contribution in [0.5, 0.6) is 0 Å². The number of hydrogen-bond acceptors (Lipinski definition) is 2. The third-order valence-corrected chi connectivity index (χ3v) is 4.10. The topological polar surface area (TPSA) is 44.1 Å². The van der Waals surface area contributed by atoms with Crippen molar-refractivity contribution < 1.29 is 4.79 Å². The second kappa shape index (κ2) is 4.13. The molecular weight excluding hydrogens is 224 g/mol. The van der Waals surface area contributed by atoms with E-state index in [9.17, 15) is 4.79 Å². The van der Waals surface area contributed by atoms with Gasteiger partial charge >= 0.3 is 0 Å². The summed E-state index contributed by atoms with van der Waals surface area (Å²) >= 11 is 0. The van der Waals surface area contributed by atoms with E-state index in [1.165, 1.54) is 0 Å². The molecule has 1 saturated carbocycles. The zero-order valence-corrected chi connectivity index (χ0v) is 10.4. The molecule has 1 amide bonds. The molecular formula is C15H16N2O. The Morgan fingerprint density at radius 3 is 2.61 bits per heavy atom. The Hall–Kier alpha value is -1.82. The average molecular weight is 240 g/mol. The lowest BCUT2D eigenvalue weighted by Gasteiger charge is -2.23. The Balaban J connectivity index is 1.90. The van der Waals surface area contributed by atoms with Crippen molar-refractivity contribution in [1.29, 1.82) is 5.26 Å². The highest BCUT2D eigenvalue weighted by Crippen LogP contribution is 2.50. The minimum atomic E-state index is -0.308. The zero-order chi connectivity index (χ0) is 12.6. The summed E-state index contributed by atoms with van der Waals surface area (Å²) in [5, 5.41) is 8.95. The number of benzene rings is 1. The lowest BCUT2D eigenvalue weighted by Crippen LogP contribution is -2.37. The van der Waals surface area contributed by atoms with Gasteiger partial charge in [0, 0.05) is 13.1 Å². The first-order valence-electron chi connectivity index (χ1n) is 6.56. The van der Waals surface area contributed by atoms with Crippen molar-refractivity contribution in [3.8, 4) is 6.07 Å². The third kappa shape index (κ3) is 1.69.